The average Bonchev–Trinajstić information content (AvgIpc) is 2.65. The van der Waals surface area contributed by atoms with Crippen molar-refractivity contribution < 1.29 is 0 Å². The Balaban J connectivity index is 0.00000112. The first-order chi connectivity index (χ1) is 6.79. The minimum Gasteiger partial charge on any atom is -0.325 e. The Bertz CT molecular complexity index is 438. The molecule has 2 N–H and O–H groups in total. The average molecular weight is 225 g/mol. The van der Waals surface area contributed by atoms with Crippen LogP contribution in [0.15, 0.2) is 30.7 Å². The van der Waals surface area contributed by atoms with E-state index in [4.69, 9.17) is 5.73 Å². The van der Waals surface area contributed by atoms with Gasteiger partial charge in [0.05, 0.1) is 11.9 Å². The van der Waals surface area contributed by atoms with Crippen LogP contribution in [0, 0.1) is 0 Å². The number of aromatic nitrogens is 3. The van der Waals surface area contributed by atoms with Crippen molar-refractivity contribution in [3.63, 3.8) is 0 Å². The van der Waals surface area contributed by atoms with Gasteiger partial charge in [0.15, 0.2) is 0 Å². The molecule has 0 bridgehead atoms. The summed E-state index contributed by atoms with van der Waals surface area (Å²) in [6.45, 7) is 0.466. The first-order valence-corrected chi connectivity index (χ1v) is 4.43. The molecule has 0 atom stereocenters. The minimum absolute atomic E-state index is 0. The van der Waals surface area contributed by atoms with Gasteiger partial charge >= 0.3 is 0 Å². The van der Waals surface area contributed by atoms with Gasteiger partial charge in [0.25, 0.3) is 0 Å². The molecule has 0 aliphatic heterocycles. The number of halogens is 1. The van der Waals surface area contributed by atoms with Crippen molar-refractivity contribution in [1.29, 1.82) is 0 Å². The van der Waals surface area contributed by atoms with E-state index >= 15 is 0 Å². The van der Waals surface area contributed by atoms with Crippen molar-refractivity contribution in [2.45, 2.75) is 6.54 Å². The van der Waals surface area contributed by atoms with Crippen LogP contribution in [0.3, 0.4) is 0 Å². The summed E-state index contributed by atoms with van der Waals surface area (Å²) >= 11 is 0. The van der Waals surface area contributed by atoms with Crippen molar-refractivity contribution in [3.8, 4) is 11.1 Å². The van der Waals surface area contributed by atoms with E-state index in [1.807, 2.05) is 31.6 Å². The molecule has 0 unspecified atom stereocenters. The number of rotatable bonds is 2. The van der Waals surface area contributed by atoms with E-state index in [9.17, 15) is 0 Å². The van der Waals surface area contributed by atoms with Crippen LogP contribution in [0.25, 0.3) is 11.1 Å². The molecule has 4 nitrogen and oxygen atoms in total. The summed E-state index contributed by atoms with van der Waals surface area (Å²) in [4.78, 5) is 4.14. The van der Waals surface area contributed by atoms with Gasteiger partial charge in [0.1, 0.15) is 0 Å². The lowest BCUT2D eigenvalue weighted by Gasteiger charge is -1.99. The summed E-state index contributed by atoms with van der Waals surface area (Å²) in [5, 5.41) is 4.11. The molecule has 15 heavy (non-hydrogen) atoms. The third-order valence-electron chi connectivity index (χ3n) is 2.06. The molecule has 2 aromatic heterocycles. The number of nitrogens with zero attached hydrogens (tertiary/aromatic N) is 3. The van der Waals surface area contributed by atoms with Crippen molar-refractivity contribution in [3.05, 3.63) is 36.4 Å². The fourth-order valence-corrected chi connectivity index (χ4v) is 1.34. The van der Waals surface area contributed by atoms with Crippen LogP contribution < -0.4 is 5.73 Å². The molecule has 0 saturated heterocycles. The van der Waals surface area contributed by atoms with E-state index in [2.05, 4.69) is 10.1 Å². The quantitative estimate of drug-likeness (QED) is 0.838. The maximum atomic E-state index is 5.52. The molecule has 0 aromatic carbocycles. The normalized spacial score (nSPS) is 9.73. The zero-order valence-electron chi connectivity index (χ0n) is 8.42. The topological polar surface area (TPSA) is 56.7 Å². The van der Waals surface area contributed by atoms with Gasteiger partial charge in [-0.3, -0.25) is 9.67 Å². The fourth-order valence-electron chi connectivity index (χ4n) is 1.34. The van der Waals surface area contributed by atoms with E-state index in [1.54, 1.807) is 10.9 Å². The minimum atomic E-state index is 0. The Morgan fingerprint density at radius 2 is 2.20 bits per heavy atom. The second kappa shape index (κ2) is 4.91. The molecule has 0 aliphatic rings. The predicted molar refractivity (Wildman–Crippen MR) is 61.6 cm³/mol. The van der Waals surface area contributed by atoms with Crippen LogP contribution in [0.4, 0.5) is 0 Å². The van der Waals surface area contributed by atoms with Crippen molar-refractivity contribution in [1.82, 2.24) is 14.8 Å². The molecule has 2 aromatic rings. The maximum absolute atomic E-state index is 5.52. The molecule has 5 heteroatoms. The number of aryl methyl sites for hydroxylation is 1. The van der Waals surface area contributed by atoms with Crippen molar-refractivity contribution in [2.24, 2.45) is 12.8 Å². The van der Waals surface area contributed by atoms with E-state index in [0.717, 1.165) is 16.8 Å². The van der Waals surface area contributed by atoms with Gasteiger partial charge in [-0.1, -0.05) is 0 Å². The molecule has 0 fully saturated rings. The molecule has 0 saturated carbocycles. The number of hydrogen-bond acceptors (Lipinski definition) is 3. The van der Waals surface area contributed by atoms with Crippen LogP contribution in [0.5, 0.6) is 0 Å². The molecule has 80 valence electrons. The Hall–Kier alpha value is -1.39. The molecule has 2 heterocycles. The molecular formula is C10H13ClN4. The molecular weight excluding hydrogens is 212 g/mol. The summed E-state index contributed by atoms with van der Waals surface area (Å²) in [6.07, 6.45) is 5.57. The first-order valence-electron chi connectivity index (χ1n) is 4.43. The summed E-state index contributed by atoms with van der Waals surface area (Å²) < 4.78 is 1.78. The largest absolute Gasteiger partial charge is 0.325 e. The Morgan fingerprint density at radius 3 is 2.80 bits per heavy atom. The summed E-state index contributed by atoms with van der Waals surface area (Å²) in [6, 6.07) is 3.94. The lowest BCUT2D eigenvalue weighted by Crippen LogP contribution is -1.98. The highest BCUT2D eigenvalue weighted by Crippen LogP contribution is 2.17. The van der Waals surface area contributed by atoms with Crippen molar-refractivity contribution >= 4 is 12.4 Å². The third kappa shape index (κ3) is 2.55. The molecule has 2 rings (SSSR count). The van der Waals surface area contributed by atoms with Crippen LogP contribution in [0.1, 0.15) is 5.69 Å². The second-order valence-electron chi connectivity index (χ2n) is 3.14. The van der Waals surface area contributed by atoms with Crippen LogP contribution in [-0.4, -0.2) is 14.8 Å². The van der Waals surface area contributed by atoms with Gasteiger partial charge in [-0.05, 0) is 17.7 Å². The third-order valence-corrected chi connectivity index (χ3v) is 2.06. The Labute approximate surface area is 94.5 Å². The number of nitrogens with two attached hydrogens (primary N) is 1. The number of pyridine rings is 1. The summed E-state index contributed by atoms with van der Waals surface area (Å²) in [7, 11) is 1.90. The van der Waals surface area contributed by atoms with Gasteiger partial charge < -0.3 is 5.73 Å². The van der Waals surface area contributed by atoms with Crippen LogP contribution in [0.2, 0.25) is 0 Å². The van der Waals surface area contributed by atoms with Crippen LogP contribution >= 0.6 is 12.4 Å². The highest BCUT2D eigenvalue weighted by atomic mass is 35.5. The van der Waals surface area contributed by atoms with Gasteiger partial charge in [-0.2, -0.15) is 5.10 Å². The van der Waals surface area contributed by atoms with Gasteiger partial charge in [-0.25, -0.2) is 0 Å². The van der Waals surface area contributed by atoms with E-state index in [-0.39, 0.29) is 12.4 Å². The zero-order valence-corrected chi connectivity index (χ0v) is 9.24. The number of hydrogen-bond donors (Lipinski definition) is 1. The van der Waals surface area contributed by atoms with Crippen molar-refractivity contribution in [2.75, 3.05) is 0 Å². The Kier molecular flexibility index (Phi) is 3.82. The summed E-state index contributed by atoms with van der Waals surface area (Å²) in [5.74, 6) is 0. The van der Waals surface area contributed by atoms with Gasteiger partial charge in [0.2, 0.25) is 0 Å². The standard InChI is InChI=1S/C10H12N4.ClH/c1-14-7-9(6-13-14)8-2-3-12-10(4-8)5-11;/h2-4,6-7H,5,11H2,1H3;1H. The fraction of sp³-hybridized carbons (Fsp3) is 0.200. The molecule has 0 aliphatic carbocycles. The SMILES string of the molecule is Cl.Cn1cc(-c2ccnc(CN)c2)cn1. The lowest BCUT2D eigenvalue weighted by molar-refractivity contribution is 0.768. The smallest absolute Gasteiger partial charge is 0.0568 e. The van der Waals surface area contributed by atoms with Crippen LogP contribution in [-0.2, 0) is 13.6 Å². The molecule has 0 spiro atoms. The second-order valence-corrected chi connectivity index (χ2v) is 3.14. The molecule has 0 radical (unpaired) electrons. The summed E-state index contributed by atoms with van der Waals surface area (Å²) in [5.41, 5.74) is 8.61. The van der Waals surface area contributed by atoms with E-state index in [1.165, 1.54) is 0 Å². The van der Waals surface area contributed by atoms with E-state index < -0.39 is 0 Å². The lowest BCUT2D eigenvalue weighted by atomic mass is 10.1. The highest BCUT2D eigenvalue weighted by molar-refractivity contribution is 5.85. The van der Waals surface area contributed by atoms with Gasteiger partial charge in [0, 0.05) is 31.5 Å². The Morgan fingerprint density at radius 1 is 1.40 bits per heavy atom. The monoisotopic (exact) mass is 224 g/mol. The first kappa shape index (κ1) is 11.7. The maximum Gasteiger partial charge on any atom is 0.0568 e. The van der Waals surface area contributed by atoms with Gasteiger partial charge in [-0.15, -0.1) is 12.4 Å². The highest BCUT2D eigenvalue weighted by Gasteiger charge is 2.00. The predicted octanol–water partition coefficient (Wildman–Crippen LogP) is 1.36. The molecule has 0 amide bonds. The zero-order chi connectivity index (χ0) is 9.97. The van der Waals surface area contributed by atoms with E-state index in [0.29, 0.717) is 6.54 Å².